The number of hydrogen-bond acceptors (Lipinski definition) is 4. The van der Waals surface area contributed by atoms with Crippen molar-refractivity contribution in [1.82, 2.24) is 0 Å². The summed E-state index contributed by atoms with van der Waals surface area (Å²) in [7, 11) is 0. The summed E-state index contributed by atoms with van der Waals surface area (Å²) in [6.07, 6.45) is 3.34. The number of aryl methyl sites for hydroxylation is 1. The van der Waals surface area contributed by atoms with E-state index in [1.54, 1.807) is 24.3 Å². The van der Waals surface area contributed by atoms with Gasteiger partial charge in [-0.25, -0.2) is 0 Å². The Bertz CT molecular complexity index is 678. The van der Waals surface area contributed by atoms with Gasteiger partial charge in [-0.2, -0.15) is 0 Å². The Labute approximate surface area is 141 Å². The highest BCUT2D eigenvalue weighted by atomic mass is 16.5. The molecular weight excluding hydrogens is 306 g/mol. The van der Waals surface area contributed by atoms with Crippen molar-refractivity contribution >= 4 is 17.6 Å². The Balaban J connectivity index is 1.92. The molecule has 0 atom stereocenters. The Morgan fingerprint density at radius 2 is 1.71 bits per heavy atom. The number of rotatable bonds is 8. The molecule has 0 aromatic heterocycles. The number of carboxylic acid groups (broad SMARTS) is 1. The summed E-state index contributed by atoms with van der Waals surface area (Å²) in [6, 6.07) is 14.1. The van der Waals surface area contributed by atoms with Gasteiger partial charge in [0.15, 0.2) is 0 Å². The fraction of sp³-hybridized carbons (Fsp3) is 0.263. The van der Waals surface area contributed by atoms with Crippen LogP contribution in [0.25, 0.3) is 0 Å². The first-order valence-electron chi connectivity index (χ1n) is 7.91. The molecule has 0 aliphatic rings. The smallest absolute Gasteiger partial charge is 0.255 e. The number of ether oxygens (including phenoxy) is 1. The number of anilines is 1. The maximum atomic E-state index is 12.2. The average Bonchev–Trinajstić information content (AvgIpc) is 2.59. The van der Waals surface area contributed by atoms with Crippen LogP contribution in [0, 0.1) is 0 Å². The quantitative estimate of drug-likeness (QED) is 0.808. The summed E-state index contributed by atoms with van der Waals surface area (Å²) in [6.45, 7) is 1.64. The molecule has 0 bridgehead atoms. The van der Waals surface area contributed by atoms with Crippen LogP contribution in [0.5, 0.6) is 5.75 Å². The van der Waals surface area contributed by atoms with Crippen LogP contribution in [0.3, 0.4) is 0 Å². The number of hydrogen-bond donors (Lipinski definition) is 1. The zero-order chi connectivity index (χ0) is 17.4. The molecule has 0 radical (unpaired) electrons. The molecule has 1 amide bonds. The summed E-state index contributed by atoms with van der Waals surface area (Å²) in [5.41, 5.74) is 2.45. The molecule has 0 saturated heterocycles. The van der Waals surface area contributed by atoms with Gasteiger partial charge in [-0.15, -0.1) is 0 Å². The molecule has 2 aromatic carbocycles. The van der Waals surface area contributed by atoms with E-state index >= 15 is 0 Å². The van der Waals surface area contributed by atoms with Crippen molar-refractivity contribution in [3.8, 4) is 5.75 Å². The largest absolute Gasteiger partial charge is 0.546 e. The van der Waals surface area contributed by atoms with Crippen LogP contribution < -0.4 is 15.2 Å². The maximum absolute atomic E-state index is 12.2. The first kappa shape index (κ1) is 17.5. The minimum atomic E-state index is -1.29. The first-order chi connectivity index (χ1) is 11.6. The minimum Gasteiger partial charge on any atom is -0.546 e. The molecule has 0 saturated carbocycles. The Morgan fingerprint density at radius 3 is 2.29 bits per heavy atom. The molecule has 5 nitrogen and oxygen atoms in total. The third-order valence-corrected chi connectivity index (χ3v) is 3.50. The number of aliphatic carboxylic acids is 1. The van der Waals surface area contributed by atoms with Crippen molar-refractivity contribution in [2.75, 3.05) is 11.9 Å². The lowest BCUT2D eigenvalue weighted by atomic mass is 10.1. The second-order valence-corrected chi connectivity index (χ2v) is 5.44. The fourth-order valence-corrected chi connectivity index (χ4v) is 2.18. The Kier molecular flexibility index (Phi) is 6.37. The number of carbonyl (C=O) groups excluding carboxylic acids is 2. The van der Waals surface area contributed by atoms with E-state index in [1.807, 2.05) is 24.3 Å². The summed E-state index contributed by atoms with van der Waals surface area (Å²) < 4.78 is 4.97. The molecule has 0 unspecified atom stereocenters. The monoisotopic (exact) mass is 326 g/mol. The average molecular weight is 326 g/mol. The van der Waals surface area contributed by atoms with E-state index in [0.717, 1.165) is 24.9 Å². The van der Waals surface area contributed by atoms with Crippen molar-refractivity contribution in [2.24, 2.45) is 0 Å². The van der Waals surface area contributed by atoms with Crippen molar-refractivity contribution in [3.05, 3.63) is 59.7 Å². The molecule has 0 heterocycles. The van der Waals surface area contributed by atoms with Gasteiger partial charge in [0, 0.05) is 11.3 Å². The molecular formula is C19H20NO4-. The Morgan fingerprint density at radius 1 is 1.04 bits per heavy atom. The summed E-state index contributed by atoms with van der Waals surface area (Å²) >= 11 is 0. The van der Waals surface area contributed by atoms with E-state index in [9.17, 15) is 14.7 Å². The third kappa shape index (κ3) is 5.43. The predicted molar refractivity (Wildman–Crippen MR) is 90.0 cm³/mol. The molecule has 5 heteroatoms. The van der Waals surface area contributed by atoms with Crippen molar-refractivity contribution in [1.29, 1.82) is 0 Å². The number of nitrogens with one attached hydrogen (secondary N) is 1. The highest BCUT2D eigenvalue weighted by molar-refractivity contribution is 6.04. The lowest BCUT2D eigenvalue weighted by Gasteiger charge is -2.09. The number of amides is 1. The van der Waals surface area contributed by atoms with Crippen LogP contribution in [0.2, 0.25) is 0 Å². The van der Waals surface area contributed by atoms with Gasteiger partial charge in [0.1, 0.15) is 12.4 Å². The maximum Gasteiger partial charge on any atom is 0.255 e. The molecule has 126 valence electrons. The number of unbranched alkanes of at least 4 members (excludes halogenated alkanes) is 1. The number of benzene rings is 2. The van der Waals surface area contributed by atoms with E-state index in [-0.39, 0.29) is 5.91 Å². The predicted octanol–water partition coefficient (Wildman–Crippen LogP) is 2.41. The molecule has 0 aliphatic heterocycles. The summed E-state index contributed by atoms with van der Waals surface area (Å²) in [4.78, 5) is 22.5. The van der Waals surface area contributed by atoms with Crippen molar-refractivity contribution in [2.45, 2.75) is 26.2 Å². The van der Waals surface area contributed by atoms with Gasteiger partial charge in [-0.3, -0.25) is 4.79 Å². The van der Waals surface area contributed by atoms with Gasteiger partial charge in [0.2, 0.25) is 0 Å². The SMILES string of the molecule is CCCCc1ccc(NC(=O)c2ccc(OCC(=O)[O-])cc2)cc1. The molecule has 0 spiro atoms. The highest BCUT2D eigenvalue weighted by Crippen LogP contribution is 2.15. The van der Waals surface area contributed by atoms with Crippen LogP contribution in [-0.2, 0) is 11.2 Å². The van der Waals surface area contributed by atoms with E-state index in [1.165, 1.54) is 5.56 Å². The minimum absolute atomic E-state index is 0.234. The molecule has 2 rings (SSSR count). The zero-order valence-corrected chi connectivity index (χ0v) is 13.6. The molecule has 24 heavy (non-hydrogen) atoms. The lowest BCUT2D eigenvalue weighted by molar-refractivity contribution is -0.307. The van der Waals surface area contributed by atoms with Crippen molar-refractivity contribution < 1.29 is 19.4 Å². The van der Waals surface area contributed by atoms with E-state index in [0.29, 0.717) is 11.3 Å². The van der Waals surface area contributed by atoms with Gasteiger partial charge < -0.3 is 20.0 Å². The molecule has 0 aliphatic carbocycles. The standard InChI is InChI=1S/C19H21NO4/c1-2-3-4-14-5-9-16(10-6-14)20-19(23)15-7-11-17(12-8-15)24-13-18(21)22/h5-12H,2-4,13H2,1H3,(H,20,23)(H,21,22)/p-1. The van der Waals surface area contributed by atoms with Gasteiger partial charge >= 0.3 is 0 Å². The topological polar surface area (TPSA) is 78.5 Å². The lowest BCUT2D eigenvalue weighted by Crippen LogP contribution is -2.28. The second kappa shape index (κ2) is 8.72. The zero-order valence-electron chi connectivity index (χ0n) is 13.6. The van der Waals surface area contributed by atoms with Crippen molar-refractivity contribution in [3.63, 3.8) is 0 Å². The number of carboxylic acids is 1. The molecule has 1 N–H and O–H groups in total. The van der Waals surface area contributed by atoms with E-state index in [2.05, 4.69) is 12.2 Å². The Hall–Kier alpha value is -2.82. The van der Waals surface area contributed by atoms with E-state index < -0.39 is 12.6 Å². The van der Waals surface area contributed by atoms with Crippen LogP contribution in [-0.4, -0.2) is 18.5 Å². The third-order valence-electron chi connectivity index (χ3n) is 3.50. The van der Waals surface area contributed by atoms with E-state index in [4.69, 9.17) is 4.74 Å². The van der Waals surface area contributed by atoms with Crippen LogP contribution in [0.4, 0.5) is 5.69 Å². The van der Waals surface area contributed by atoms with Crippen LogP contribution in [0.15, 0.2) is 48.5 Å². The molecule has 2 aromatic rings. The number of carbonyl (C=O) groups is 2. The fourth-order valence-electron chi connectivity index (χ4n) is 2.18. The van der Waals surface area contributed by atoms with Gasteiger partial charge in [-0.05, 0) is 54.8 Å². The van der Waals surface area contributed by atoms with Crippen LogP contribution >= 0.6 is 0 Å². The van der Waals surface area contributed by atoms with Gasteiger partial charge in [0.25, 0.3) is 5.91 Å². The summed E-state index contributed by atoms with van der Waals surface area (Å²) in [5, 5.41) is 13.2. The van der Waals surface area contributed by atoms with Gasteiger partial charge in [0.05, 0.1) is 5.97 Å². The highest BCUT2D eigenvalue weighted by Gasteiger charge is 2.06. The normalized spacial score (nSPS) is 10.2. The van der Waals surface area contributed by atoms with Crippen LogP contribution in [0.1, 0.15) is 35.7 Å². The molecule has 0 fully saturated rings. The van der Waals surface area contributed by atoms with Gasteiger partial charge in [-0.1, -0.05) is 25.5 Å². The first-order valence-corrected chi connectivity index (χ1v) is 7.91. The summed E-state index contributed by atoms with van der Waals surface area (Å²) in [5.74, 6) is -1.15. The second-order valence-electron chi connectivity index (χ2n) is 5.44.